The van der Waals surface area contributed by atoms with Crippen molar-refractivity contribution in [3.63, 3.8) is 0 Å². The van der Waals surface area contributed by atoms with Crippen LogP contribution in [0.2, 0.25) is 0 Å². The molecule has 1 aromatic heterocycles. The Morgan fingerprint density at radius 1 is 1.29 bits per heavy atom. The van der Waals surface area contributed by atoms with Gasteiger partial charge in [-0.05, 0) is 60.1 Å². The zero-order valence-electron chi connectivity index (χ0n) is 14.4. The van der Waals surface area contributed by atoms with E-state index in [9.17, 15) is 0 Å². The predicted molar refractivity (Wildman–Crippen MR) is 90.4 cm³/mol. The van der Waals surface area contributed by atoms with Gasteiger partial charge >= 0.3 is 0 Å². The fourth-order valence-corrected chi connectivity index (χ4v) is 4.28. The lowest BCUT2D eigenvalue weighted by Gasteiger charge is -2.39. The number of rotatable bonds is 4. The van der Waals surface area contributed by atoms with Crippen molar-refractivity contribution in [3.8, 4) is 0 Å². The van der Waals surface area contributed by atoms with Crippen LogP contribution in [0.3, 0.4) is 0 Å². The van der Waals surface area contributed by atoms with Crippen LogP contribution >= 0.6 is 0 Å². The van der Waals surface area contributed by atoms with Gasteiger partial charge in [-0.25, -0.2) is 4.68 Å². The van der Waals surface area contributed by atoms with Gasteiger partial charge in [-0.3, -0.25) is 0 Å². The molecule has 6 nitrogen and oxygen atoms in total. The maximum absolute atomic E-state index is 5.64. The first-order valence-corrected chi connectivity index (χ1v) is 8.85. The van der Waals surface area contributed by atoms with Crippen molar-refractivity contribution in [3.05, 3.63) is 41.2 Å². The highest BCUT2D eigenvalue weighted by Gasteiger charge is 2.46. The van der Waals surface area contributed by atoms with E-state index in [0.717, 1.165) is 38.3 Å². The Morgan fingerprint density at radius 3 is 2.88 bits per heavy atom. The standard InChI is InChI=1S/C18H25N5O/c1-13(2)23-16(20-21-22-23)12-19-17-15-6-4-3-5-14(15)11-18(17)7-9-24-10-8-18/h3-6,13,17,19H,7-12H2,1-2H3. The van der Waals surface area contributed by atoms with Crippen molar-refractivity contribution in [2.75, 3.05) is 13.2 Å². The Labute approximate surface area is 142 Å². The summed E-state index contributed by atoms with van der Waals surface area (Å²) in [4.78, 5) is 0. The second kappa shape index (κ2) is 6.26. The molecule has 0 bridgehead atoms. The predicted octanol–water partition coefficient (Wildman–Crippen LogP) is 2.44. The average molecular weight is 327 g/mol. The van der Waals surface area contributed by atoms with Crippen LogP contribution in [0.25, 0.3) is 0 Å². The maximum atomic E-state index is 5.64. The summed E-state index contributed by atoms with van der Waals surface area (Å²) in [5, 5.41) is 15.9. The number of hydrogen-bond donors (Lipinski definition) is 1. The number of fused-ring (bicyclic) bond motifs is 1. The summed E-state index contributed by atoms with van der Waals surface area (Å²) < 4.78 is 7.53. The summed E-state index contributed by atoms with van der Waals surface area (Å²) >= 11 is 0. The fraction of sp³-hybridized carbons (Fsp3) is 0.611. The van der Waals surface area contributed by atoms with E-state index < -0.39 is 0 Å². The SMILES string of the molecule is CC(C)n1nnnc1CNC1c2ccccc2CC12CCOCC2. The summed E-state index contributed by atoms with van der Waals surface area (Å²) in [5.74, 6) is 0.900. The van der Waals surface area contributed by atoms with Crippen molar-refractivity contribution in [1.29, 1.82) is 0 Å². The fourth-order valence-electron chi connectivity index (χ4n) is 4.28. The van der Waals surface area contributed by atoms with Gasteiger partial charge in [0.1, 0.15) is 0 Å². The first-order valence-electron chi connectivity index (χ1n) is 8.85. The molecule has 1 aliphatic heterocycles. The summed E-state index contributed by atoms with van der Waals surface area (Å²) in [5.41, 5.74) is 3.17. The molecule has 0 saturated carbocycles. The Morgan fingerprint density at radius 2 is 2.08 bits per heavy atom. The lowest BCUT2D eigenvalue weighted by molar-refractivity contribution is -0.000411. The molecule has 2 aliphatic rings. The van der Waals surface area contributed by atoms with Crippen LogP contribution in [-0.2, 0) is 17.7 Å². The van der Waals surface area contributed by atoms with Crippen molar-refractivity contribution in [1.82, 2.24) is 25.5 Å². The van der Waals surface area contributed by atoms with Crippen LogP contribution in [0.4, 0.5) is 0 Å². The van der Waals surface area contributed by atoms with Crippen molar-refractivity contribution in [2.45, 2.75) is 51.7 Å². The van der Waals surface area contributed by atoms with Gasteiger partial charge in [-0.2, -0.15) is 0 Å². The highest BCUT2D eigenvalue weighted by molar-refractivity contribution is 5.38. The number of benzene rings is 1. The molecule has 128 valence electrons. The number of tetrazole rings is 1. The van der Waals surface area contributed by atoms with E-state index in [-0.39, 0.29) is 11.5 Å². The number of nitrogens with one attached hydrogen (secondary N) is 1. The van der Waals surface area contributed by atoms with Crippen molar-refractivity contribution < 1.29 is 4.74 Å². The van der Waals surface area contributed by atoms with Gasteiger partial charge in [-0.1, -0.05) is 24.3 Å². The van der Waals surface area contributed by atoms with Gasteiger partial charge in [0.2, 0.25) is 0 Å². The van der Waals surface area contributed by atoms with Gasteiger partial charge in [0.25, 0.3) is 0 Å². The van der Waals surface area contributed by atoms with E-state index in [1.807, 2.05) is 4.68 Å². The summed E-state index contributed by atoms with van der Waals surface area (Å²) in [6.45, 7) is 6.61. The number of ether oxygens (including phenoxy) is 1. The zero-order chi connectivity index (χ0) is 16.6. The van der Waals surface area contributed by atoms with Crippen molar-refractivity contribution in [2.24, 2.45) is 5.41 Å². The minimum absolute atomic E-state index is 0.262. The Balaban J connectivity index is 1.59. The number of nitrogens with zero attached hydrogens (tertiary/aromatic N) is 4. The van der Waals surface area contributed by atoms with E-state index in [1.54, 1.807) is 0 Å². The largest absolute Gasteiger partial charge is 0.381 e. The second-order valence-electron chi connectivity index (χ2n) is 7.30. The van der Waals surface area contributed by atoms with Crippen LogP contribution in [-0.4, -0.2) is 33.4 Å². The molecule has 1 aromatic carbocycles. The summed E-state index contributed by atoms with van der Waals surface area (Å²) in [6.07, 6.45) is 3.35. The van der Waals surface area contributed by atoms with Gasteiger partial charge < -0.3 is 10.1 Å². The molecule has 24 heavy (non-hydrogen) atoms. The Hall–Kier alpha value is -1.79. The molecule has 1 fully saturated rings. The molecule has 1 spiro atoms. The van der Waals surface area contributed by atoms with E-state index in [2.05, 4.69) is 59.0 Å². The summed E-state index contributed by atoms with van der Waals surface area (Å²) in [6, 6.07) is 9.44. The third kappa shape index (κ3) is 2.63. The van der Waals surface area contributed by atoms with Crippen LogP contribution in [0.15, 0.2) is 24.3 Å². The van der Waals surface area contributed by atoms with E-state index in [4.69, 9.17) is 4.74 Å². The molecule has 0 radical (unpaired) electrons. The van der Waals surface area contributed by atoms with E-state index >= 15 is 0 Å². The smallest absolute Gasteiger partial charge is 0.165 e. The Kier molecular flexibility index (Phi) is 4.10. The molecule has 4 rings (SSSR count). The topological polar surface area (TPSA) is 64.9 Å². The Bertz CT molecular complexity index is 705. The third-order valence-corrected chi connectivity index (χ3v) is 5.52. The quantitative estimate of drug-likeness (QED) is 0.934. The van der Waals surface area contributed by atoms with Gasteiger partial charge in [0.15, 0.2) is 5.82 Å². The molecule has 1 N–H and O–H groups in total. The van der Waals surface area contributed by atoms with Gasteiger partial charge in [-0.15, -0.1) is 5.10 Å². The maximum Gasteiger partial charge on any atom is 0.165 e. The monoisotopic (exact) mass is 327 g/mol. The van der Waals surface area contributed by atoms with Gasteiger partial charge in [0, 0.05) is 19.3 Å². The number of hydrogen-bond acceptors (Lipinski definition) is 5. The molecule has 2 aromatic rings. The molecule has 6 heteroatoms. The molecular weight excluding hydrogens is 302 g/mol. The van der Waals surface area contributed by atoms with Crippen LogP contribution in [0, 0.1) is 5.41 Å². The summed E-state index contributed by atoms with van der Waals surface area (Å²) in [7, 11) is 0. The lowest BCUT2D eigenvalue weighted by atomic mass is 9.74. The second-order valence-corrected chi connectivity index (χ2v) is 7.30. The normalized spacial score (nSPS) is 22.2. The zero-order valence-corrected chi connectivity index (χ0v) is 14.4. The van der Waals surface area contributed by atoms with Crippen molar-refractivity contribution >= 4 is 0 Å². The minimum atomic E-state index is 0.262. The van der Waals surface area contributed by atoms with Gasteiger partial charge in [0.05, 0.1) is 12.6 Å². The molecular formula is C18H25N5O. The lowest BCUT2D eigenvalue weighted by Crippen LogP contribution is -2.40. The van der Waals surface area contributed by atoms with Crippen LogP contribution < -0.4 is 5.32 Å². The molecule has 1 aliphatic carbocycles. The first kappa shape index (κ1) is 15.7. The number of aromatic nitrogens is 4. The minimum Gasteiger partial charge on any atom is -0.381 e. The van der Waals surface area contributed by atoms with E-state index in [1.165, 1.54) is 11.1 Å². The van der Waals surface area contributed by atoms with Crippen LogP contribution in [0.1, 0.15) is 55.7 Å². The van der Waals surface area contributed by atoms with Crippen LogP contribution in [0.5, 0.6) is 0 Å². The third-order valence-electron chi connectivity index (χ3n) is 5.52. The molecule has 2 heterocycles. The highest BCUT2D eigenvalue weighted by atomic mass is 16.5. The molecule has 0 amide bonds. The average Bonchev–Trinajstić information content (AvgIpc) is 3.16. The molecule has 1 unspecified atom stereocenters. The highest BCUT2D eigenvalue weighted by Crippen LogP contribution is 2.51. The molecule has 1 saturated heterocycles. The first-order chi connectivity index (χ1) is 11.7. The van der Waals surface area contributed by atoms with E-state index in [0.29, 0.717) is 12.6 Å². The molecule has 1 atom stereocenters.